The normalized spacial score (nSPS) is 17.4. The smallest absolute Gasteiger partial charge is 0.0204 e. The van der Waals surface area contributed by atoms with Gasteiger partial charge in [0.15, 0.2) is 0 Å². The Bertz CT molecular complexity index is 322. The highest BCUT2D eigenvalue weighted by molar-refractivity contribution is 5.01. The molecule has 1 heterocycles. The van der Waals surface area contributed by atoms with E-state index in [2.05, 4.69) is 25.3 Å². The van der Waals surface area contributed by atoms with Crippen molar-refractivity contribution in [3.63, 3.8) is 0 Å². The van der Waals surface area contributed by atoms with Crippen molar-refractivity contribution < 1.29 is 0 Å². The van der Waals surface area contributed by atoms with Crippen LogP contribution >= 0.6 is 0 Å². The Labute approximate surface area is 166 Å². The minimum atomic E-state index is 0.827. The highest BCUT2D eigenvalue weighted by Crippen LogP contribution is 2.24. The van der Waals surface area contributed by atoms with Crippen LogP contribution in [0.3, 0.4) is 0 Å². The molecule has 0 aromatic heterocycles. The molecular weight excluding hydrogens is 314 g/mol. The van der Waals surface area contributed by atoms with Crippen LogP contribution in [0.2, 0.25) is 0 Å². The molecule has 1 rings (SSSR count). The van der Waals surface area contributed by atoms with Gasteiger partial charge in [-0.25, -0.2) is 0 Å². The largest absolute Gasteiger partial charge is 0.375 e. The number of hydrogen-bond acceptors (Lipinski definition) is 1. The standard InChI is InChI=1S/C25H49N/c1-4-5-6-7-8-9-10-11-12-13-14-15-16-17-18-19-20-21-26-23-24(2)22-25(26)3/h24H,3-23H2,1-2H3/t24-/m0/s1. The third kappa shape index (κ3) is 12.8. The number of rotatable bonds is 18. The number of unbranched alkanes of at least 4 members (excludes halogenated alkanes) is 16. The minimum Gasteiger partial charge on any atom is -0.375 e. The van der Waals surface area contributed by atoms with Gasteiger partial charge < -0.3 is 4.90 Å². The molecule has 0 radical (unpaired) electrons. The molecule has 26 heavy (non-hydrogen) atoms. The van der Waals surface area contributed by atoms with Gasteiger partial charge in [0, 0.05) is 18.8 Å². The Kier molecular flexibility index (Phi) is 15.1. The Morgan fingerprint density at radius 3 is 1.42 bits per heavy atom. The average molecular weight is 364 g/mol. The molecule has 0 bridgehead atoms. The molecular formula is C25H49N. The van der Waals surface area contributed by atoms with E-state index < -0.39 is 0 Å². The van der Waals surface area contributed by atoms with Crippen molar-refractivity contribution in [2.75, 3.05) is 13.1 Å². The third-order valence-corrected chi connectivity index (χ3v) is 6.09. The van der Waals surface area contributed by atoms with Crippen LogP contribution in [0.25, 0.3) is 0 Å². The van der Waals surface area contributed by atoms with Gasteiger partial charge in [0.1, 0.15) is 0 Å². The second kappa shape index (κ2) is 16.7. The van der Waals surface area contributed by atoms with Crippen molar-refractivity contribution in [2.24, 2.45) is 5.92 Å². The van der Waals surface area contributed by atoms with E-state index in [1.54, 1.807) is 0 Å². The van der Waals surface area contributed by atoms with Crippen molar-refractivity contribution in [1.29, 1.82) is 0 Å². The number of allylic oxidation sites excluding steroid dienone is 1. The predicted molar refractivity (Wildman–Crippen MR) is 119 cm³/mol. The molecule has 0 N–H and O–H groups in total. The second-order valence-corrected chi connectivity index (χ2v) is 8.98. The number of likely N-dealkylation sites (tertiary alicyclic amines) is 1. The highest BCUT2D eigenvalue weighted by atomic mass is 15.2. The lowest BCUT2D eigenvalue weighted by molar-refractivity contribution is 0.358. The van der Waals surface area contributed by atoms with E-state index in [9.17, 15) is 0 Å². The molecule has 1 heteroatoms. The fraction of sp³-hybridized carbons (Fsp3) is 0.920. The van der Waals surface area contributed by atoms with Gasteiger partial charge in [0.2, 0.25) is 0 Å². The van der Waals surface area contributed by atoms with E-state index >= 15 is 0 Å². The van der Waals surface area contributed by atoms with Crippen LogP contribution in [0.15, 0.2) is 12.3 Å². The predicted octanol–water partition coefficient (Wildman–Crippen LogP) is 8.49. The van der Waals surface area contributed by atoms with Crippen LogP contribution in [0.1, 0.15) is 129 Å². The van der Waals surface area contributed by atoms with E-state index in [0.29, 0.717) is 0 Å². The fourth-order valence-corrected chi connectivity index (χ4v) is 4.38. The number of nitrogens with zero attached hydrogens (tertiary/aromatic N) is 1. The van der Waals surface area contributed by atoms with Gasteiger partial charge in [-0.1, -0.05) is 123 Å². The summed E-state index contributed by atoms with van der Waals surface area (Å²) in [4.78, 5) is 2.52. The Morgan fingerprint density at radius 2 is 1.08 bits per heavy atom. The lowest BCUT2D eigenvalue weighted by atomic mass is 10.0. The van der Waals surface area contributed by atoms with E-state index in [4.69, 9.17) is 0 Å². The first-order valence-electron chi connectivity index (χ1n) is 12.2. The van der Waals surface area contributed by atoms with Gasteiger partial charge in [-0.3, -0.25) is 0 Å². The first-order valence-corrected chi connectivity index (χ1v) is 12.2. The first-order chi connectivity index (χ1) is 12.7. The van der Waals surface area contributed by atoms with Gasteiger partial charge in [-0.15, -0.1) is 0 Å². The third-order valence-electron chi connectivity index (χ3n) is 6.09. The molecule has 1 aliphatic heterocycles. The average Bonchev–Trinajstić information content (AvgIpc) is 2.95. The summed E-state index contributed by atoms with van der Waals surface area (Å²) in [7, 11) is 0. The molecule has 0 saturated carbocycles. The summed E-state index contributed by atoms with van der Waals surface area (Å²) in [5.74, 6) is 0.827. The summed E-state index contributed by atoms with van der Waals surface area (Å²) in [6.07, 6.45) is 25.9. The second-order valence-electron chi connectivity index (χ2n) is 8.98. The zero-order chi connectivity index (χ0) is 18.9. The molecule has 0 amide bonds. The van der Waals surface area contributed by atoms with Crippen LogP contribution in [0, 0.1) is 5.92 Å². The molecule has 154 valence electrons. The molecule has 1 aliphatic rings. The lowest BCUT2D eigenvalue weighted by Crippen LogP contribution is -2.19. The first kappa shape index (κ1) is 23.6. The van der Waals surface area contributed by atoms with Gasteiger partial charge in [0.05, 0.1) is 0 Å². The van der Waals surface area contributed by atoms with Crippen LogP contribution < -0.4 is 0 Å². The lowest BCUT2D eigenvalue weighted by Gasteiger charge is -2.19. The zero-order valence-electron chi connectivity index (χ0n) is 18.4. The molecule has 0 spiro atoms. The Hall–Kier alpha value is -0.460. The SMILES string of the molecule is C=C1C[C@H](C)CN1CCCCCCCCCCCCCCCCCCC. The van der Waals surface area contributed by atoms with Crippen molar-refractivity contribution in [2.45, 2.75) is 129 Å². The molecule has 0 aliphatic carbocycles. The minimum absolute atomic E-state index is 0.827. The summed E-state index contributed by atoms with van der Waals surface area (Å²) in [5.41, 5.74) is 1.38. The molecule has 1 saturated heterocycles. The maximum absolute atomic E-state index is 4.21. The monoisotopic (exact) mass is 363 g/mol. The van der Waals surface area contributed by atoms with Crippen molar-refractivity contribution in [3.8, 4) is 0 Å². The van der Waals surface area contributed by atoms with Crippen LogP contribution in [-0.4, -0.2) is 18.0 Å². The zero-order valence-corrected chi connectivity index (χ0v) is 18.4. The van der Waals surface area contributed by atoms with Gasteiger partial charge in [0.25, 0.3) is 0 Å². The summed E-state index contributed by atoms with van der Waals surface area (Å²) in [6.45, 7) is 11.4. The Morgan fingerprint density at radius 1 is 0.692 bits per heavy atom. The quantitative estimate of drug-likeness (QED) is 0.221. The number of hydrogen-bond donors (Lipinski definition) is 0. The maximum atomic E-state index is 4.21. The van der Waals surface area contributed by atoms with Crippen LogP contribution in [-0.2, 0) is 0 Å². The summed E-state index contributed by atoms with van der Waals surface area (Å²) in [6, 6.07) is 0. The van der Waals surface area contributed by atoms with Crippen molar-refractivity contribution in [3.05, 3.63) is 12.3 Å². The van der Waals surface area contributed by atoms with Crippen molar-refractivity contribution in [1.82, 2.24) is 4.90 Å². The van der Waals surface area contributed by atoms with E-state index in [-0.39, 0.29) is 0 Å². The summed E-state index contributed by atoms with van der Waals surface area (Å²) in [5, 5.41) is 0. The maximum Gasteiger partial charge on any atom is 0.0204 e. The highest BCUT2D eigenvalue weighted by Gasteiger charge is 2.20. The van der Waals surface area contributed by atoms with Gasteiger partial charge >= 0.3 is 0 Å². The van der Waals surface area contributed by atoms with Gasteiger partial charge in [-0.2, -0.15) is 0 Å². The van der Waals surface area contributed by atoms with E-state index in [0.717, 1.165) is 5.92 Å². The fourth-order valence-electron chi connectivity index (χ4n) is 4.38. The molecule has 0 aromatic rings. The summed E-state index contributed by atoms with van der Waals surface area (Å²) < 4.78 is 0. The van der Waals surface area contributed by atoms with Gasteiger partial charge in [-0.05, 0) is 18.8 Å². The molecule has 0 aromatic carbocycles. The summed E-state index contributed by atoms with van der Waals surface area (Å²) >= 11 is 0. The molecule has 0 unspecified atom stereocenters. The molecule has 1 atom stereocenters. The Balaban J connectivity index is 1.70. The molecule has 1 fully saturated rings. The van der Waals surface area contributed by atoms with Crippen LogP contribution in [0.4, 0.5) is 0 Å². The molecule has 1 nitrogen and oxygen atoms in total. The van der Waals surface area contributed by atoms with E-state index in [1.165, 1.54) is 134 Å². The topological polar surface area (TPSA) is 3.24 Å². The van der Waals surface area contributed by atoms with E-state index in [1.807, 2.05) is 0 Å². The van der Waals surface area contributed by atoms with Crippen molar-refractivity contribution >= 4 is 0 Å². The van der Waals surface area contributed by atoms with Crippen LogP contribution in [0.5, 0.6) is 0 Å².